The van der Waals surface area contributed by atoms with Gasteiger partial charge < -0.3 is 10.1 Å². The monoisotopic (exact) mass is 461 g/mol. The number of rotatable bonds is 9. The SMILES string of the molecule is O=C(C[C@@H](Nc1cccc(Cl)c1Cl)C(=O)OCC(=O)c1cccs1)c1ccccc1. The molecule has 0 saturated heterocycles. The summed E-state index contributed by atoms with van der Waals surface area (Å²) in [7, 11) is 0. The lowest BCUT2D eigenvalue weighted by molar-refractivity contribution is -0.143. The molecular weight excluding hydrogens is 445 g/mol. The highest BCUT2D eigenvalue weighted by molar-refractivity contribution is 7.12. The van der Waals surface area contributed by atoms with Crippen molar-refractivity contribution in [1.82, 2.24) is 0 Å². The zero-order chi connectivity index (χ0) is 21.5. The van der Waals surface area contributed by atoms with Crippen LogP contribution in [0.25, 0.3) is 0 Å². The van der Waals surface area contributed by atoms with Gasteiger partial charge in [0.25, 0.3) is 0 Å². The number of halogens is 2. The van der Waals surface area contributed by atoms with Gasteiger partial charge in [0.2, 0.25) is 5.78 Å². The summed E-state index contributed by atoms with van der Waals surface area (Å²) in [4.78, 5) is 38.0. The van der Waals surface area contributed by atoms with Gasteiger partial charge in [-0.2, -0.15) is 0 Å². The van der Waals surface area contributed by atoms with E-state index in [9.17, 15) is 14.4 Å². The molecule has 1 atom stereocenters. The fraction of sp³-hybridized carbons (Fsp3) is 0.136. The summed E-state index contributed by atoms with van der Waals surface area (Å²) < 4.78 is 5.20. The lowest BCUT2D eigenvalue weighted by Gasteiger charge is -2.19. The van der Waals surface area contributed by atoms with Crippen LogP contribution in [0.4, 0.5) is 5.69 Å². The zero-order valence-electron chi connectivity index (χ0n) is 15.6. The Labute approximate surface area is 187 Å². The minimum atomic E-state index is -1.05. The van der Waals surface area contributed by atoms with Crippen molar-refractivity contribution in [2.45, 2.75) is 12.5 Å². The fourth-order valence-electron chi connectivity index (χ4n) is 2.67. The standard InChI is InChI=1S/C22H17Cl2NO4S/c23-15-8-4-9-16(21(15)24)25-17(12-18(26)14-6-2-1-3-7-14)22(28)29-13-19(27)20-10-5-11-30-20/h1-11,17,25H,12-13H2/t17-/m1/s1. The number of esters is 1. The zero-order valence-corrected chi connectivity index (χ0v) is 18.0. The second kappa shape index (κ2) is 10.4. The first kappa shape index (κ1) is 22.0. The Kier molecular flexibility index (Phi) is 7.63. The summed E-state index contributed by atoms with van der Waals surface area (Å²) in [5.41, 5.74) is 0.848. The number of benzene rings is 2. The molecule has 0 unspecified atom stereocenters. The first-order valence-corrected chi connectivity index (χ1v) is 10.6. The summed E-state index contributed by atoms with van der Waals surface area (Å²) in [6.07, 6.45) is -0.182. The number of hydrogen-bond donors (Lipinski definition) is 1. The Balaban J connectivity index is 1.75. The molecule has 1 aromatic heterocycles. The molecule has 0 fully saturated rings. The third-order valence-electron chi connectivity index (χ3n) is 4.19. The van der Waals surface area contributed by atoms with Crippen molar-refractivity contribution in [1.29, 1.82) is 0 Å². The van der Waals surface area contributed by atoms with Gasteiger partial charge in [-0.05, 0) is 23.6 Å². The molecule has 0 aliphatic rings. The van der Waals surface area contributed by atoms with Crippen LogP contribution in [0.15, 0.2) is 66.0 Å². The van der Waals surface area contributed by atoms with Crippen molar-refractivity contribution in [3.8, 4) is 0 Å². The van der Waals surface area contributed by atoms with Gasteiger partial charge >= 0.3 is 5.97 Å². The molecule has 5 nitrogen and oxygen atoms in total. The number of ether oxygens (including phenoxy) is 1. The Hall–Kier alpha value is -2.67. The largest absolute Gasteiger partial charge is 0.456 e. The van der Waals surface area contributed by atoms with Crippen molar-refractivity contribution < 1.29 is 19.1 Å². The summed E-state index contributed by atoms with van der Waals surface area (Å²) in [5.74, 6) is -1.31. The van der Waals surface area contributed by atoms with Crippen molar-refractivity contribution in [3.05, 3.63) is 86.5 Å². The minimum absolute atomic E-state index is 0.182. The van der Waals surface area contributed by atoms with E-state index in [1.165, 1.54) is 11.3 Å². The normalized spacial score (nSPS) is 11.5. The van der Waals surface area contributed by atoms with E-state index in [0.717, 1.165) is 0 Å². The van der Waals surface area contributed by atoms with Crippen LogP contribution in [0.5, 0.6) is 0 Å². The average molecular weight is 462 g/mol. The maximum absolute atomic E-state index is 12.7. The van der Waals surface area contributed by atoms with Gasteiger partial charge in [0.05, 0.1) is 20.6 Å². The van der Waals surface area contributed by atoms with Crippen molar-refractivity contribution in [3.63, 3.8) is 0 Å². The first-order valence-electron chi connectivity index (χ1n) is 8.98. The molecule has 1 N–H and O–H groups in total. The highest BCUT2D eigenvalue weighted by Gasteiger charge is 2.26. The maximum atomic E-state index is 12.7. The van der Waals surface area contributed by atoms with Crippen molar-refractivity contribution in [2.75, 3.05) is 11.9 Å². The van der Waals surface area contributed by atoms with E-state index in [1.807, 2.05) is 0 Å². The molecule has 0 amide bonds. The molecule has 0 spiro atoms. The number of carbonyl (C=O) groups is 3. The second-order valence-corrected chi connectivity index (χ2v) is 8.03. The average Bonchev–Trinajstić information content (AvgIpc) is 3.30. The first-order chi connectivity index (χ1) is 14.5. The molecule has 0 aliphatic heterocycles. The van der Waals surface area contributed by atoms with Crippen LogP contribution in [0, 0.1) is 0 Å². The number of ketones is 2. The van der Waals surface area contributed by atoms with E-state index in [2.05, 4.69) is 5.32 Å². The van der Waals surface area contributed by atoms with E-state index in [0.29, 0.717) is 21.2 Å². The number of nitrogens with one attached hydrogen (secondary N) is 1. The van der Waals surface area contributed by atoms with Crippen molar-refractivity contribution in [2.24, 2.45) is 0 Å². The van der Waals surface area contributed by atoms with E-state index >= 15 is 0 Å². The third kappa shape index (κ3) is 5.69. The maximum Gasteiger partial charge on any atom is 0.329 e. The number of hydrogen-bond acceptors (Lipinski definition) is 6. The van der Waals surface area contributed by atoms with Crippen LogP contribution >= 0.6 is 34.5 Å². The van der Waals surface area contributed by atoms with Gasteiger partial charge in [-0.3, -0.25) is 9.59 Å². The van der Waals surface area contributed by atoms with Crippen LogP contribution in [0.1, 0.15) is 26.5 Å². The molecule has 0 bridgehead atoms. The van der Waals surface area contributed by atoms with Gasteiger partial charge in [-0.25, -0.2) is 4.79 Å². The fourth-order valence-corrected chi connectivity index (χ4v) is 3.68. The quantitative estimate of drug-likeness (QED) is 0.334. The smallest absolute Gasteiger partial charge is 0.329 e. The molecule has 0 radical (unpaired) electrons. The molecule has 1 heterocycles. The summed E-state index contributed by atoms with van der Waals surface area (Å²) in [6, 6.07) is 15.9. The van der Waals surface area contributed by atoms with Crippen LogP contribution in [-0.4, -0.2) is 30.2 Å². The number of anilines is 1. The van der Waals surface area contributed by atoms with Gasteiger partial charge in [-0.15, -0.1) is 11.3 Å². The second-order valence-electron chi connectivity index (χ2n) is 6.30. The van der Waals surface area contributed by atoms with Gasteiger partial charge in [0.1, 0.15) is 6.04 Å². The Bertz CT molecular complexity index is 1040. The molecule has 3 rings (SSSR count). The number of Topliss-reactive ketones (excluding diaryl/α,β-unsaturated/α-hetero) is 2. The topological polar surface area (TPSA) is 72.5 Å². The predicted octanol–water partition coefficient (Wildman–Crippen LogP) is 5.53. The predicted molar refractivity (Wildman–Crippen MR) is 119 cm³/mol. The third-order valence-corrected chi connectivity index (χ3v) is 5.92. The summed E-state index contributed by atoms with van der Waals surface area (Å²) >= 11 is 13.5. The van der Waals surface area contributed by atoms with E-state index < -0.39 is 18.6 Å². The molecule has 3 aromatic rings. The number of thiophene rings is 1. The molecule has 2 aromatic carbocycles. The van der Waals surface area contributed by atoms with Gasteiger partial charge in [-0.1, -0.05) is 65.7 Å². The van der Waals surface area contributed by atoms with Gasteiger partial charge in [0.15, 0.2) is 12.4 Å². The van der Waals surface area contributed by atoms with E-state index in [-0.39, 0.29) is 23.0 Å². The Morgan fingerprint density at radius 2 is 1.70 bits per heavy atom. The van der Waals surface area contributed by atoms with Crippen LogP contribution < -0.4 is 5.32 Å². The van der Waals surface area contributed by atoms with Crippen LogP contribution in [0.3, 0.4) is 0 Å². The lowest BCUT2D eigenvalue weighted by Crippen LogP contribution is -2.35. The molecule has 154 valence electrons. The lowest BCUT2D eigenvalue weighted by atomic mass is 10.0. The molecule has 0 saturated carbocycles. The summed E-state index contributed by atoms with van der Waals surface area (Å²) in [5, 5.41) is 5.21. The Morgan fingerprint density at radius 3 is 2.40 bits per heavy atom. The highest BCUT2D eigenvalue weighted by Crippen LogP contribution is 2.30. The number of carbonyl (C=O) groups excluding carboxylic acids is 3. The molecule has 0 aliphatic carbocycles. The molecule has 30 heavy (non-hydrogen) atoms. The van der Waals surface area contributed by atoms with Crippen LogP contribution in [0.2, 0.25) is 10.0 Å². The summed E-state index contributed by atoms with van der Waals surface area (Å²) in [6.45, 7) is -0.416. The molecule has 8 heteroatoms. The molecular formula is C22H17Cl2NO4S. The van der Waals surface area contributed by atoms with Gasteiger partial charge in [0, 0.05) is 12.0 Å². The highest BCUT2D eigenvalue weighted by atomic mass is 35.5. The van der Waals surface area contributed by atoms with Crippen LogP contribution in [-0.2, 0) is 9.53 Å². The Morgan fingerprint density at radius 1 is 0.933 bits per heavy atom. The van der Waals surface area contributed by atoms with E-state index in [4.69, 9.17) is 27.9 Å². The van der Waals surface area contributed by atoms with Crippen molar-refractivity contribution >= 4 is 57.8 Å². The minimum Gasteiger partial charge on any atom is -0.456 e. The van der Waals surface area contributed by atoms with E-state index in [1.54, 1.807) is 66.0 Å².